The molecule has 0 N–H and O–H groups in total. The van der Waals surface area contributed by atoms with Crippen LogP contribution >= 0.6 is 12.6 Å². The molecule has 0 spiro atoms. The molecule has 2 nitrogen and oxygen atoms in total. The minimum Gasteiger partial charge on any atom is -0.229 e. The summed E-state index contributed by atoms with van der Waals surface area (Å²) >= 11 is 4.16. The van der Waals surface area contributed by atoms with E-state index in [-0.39, 0.29) is 0 Å². The number of hydrogen-bond donors (Lipinski definition) is 1. The van der Waals surface area contributed by atoms with E-state index in [0.29, 0.717) is 11.5 Å². The van der Waals surface area contributed by atoms with E-state index in [4.69, 9.17) is 0 Å². The van der Waals surface area contributed by atoms with Crippen LogP contribution in [0.5, 0.6) is 0 Å². The second kappa shape index (κ2) is 15.2. The highest BCUT2D eigenvalue weighted by Gasteiger charge is 2.09. The molecular formula is C17H36O2S2. The van der Waals surface area contributed by atoms with Crippen LogP contribution in [0.1, 0.15) is 90.4 Å². The third-order valence-corrected chi connectivity index (χ3v) is 6.06. The highest BCUT2D eigenvalue weighted by molar-refractivity contribution is 7.91. The van der Waals surface area contributed by atoms with Gasteiger partial charge in [-0.3, -0.25) is 0 Å². The molecule has 0 atom stereocenters. The zero-order chi connectivity index (χ0) is 15.8. The normalized spacial score (nSPS) is 11.9. The predicted octanol–water partition coefficient (Wildman–Crippen LogP) is 5.42. The lowest BCUT2D eigenvalue weighted by Crippen LogP contribution is -2.11. The van der Waals surface area contributed by atoms with Crippen molar-refractivity contribution >= 4 is 22.5 Å². The number of rotatable bonds is 16. The Hall–Kier alpha value is 0.300. The van der Waals surface area contributed by atoms with Crippen LogP contribution in [0, 0.1) is 0 Å². The Morgan fingerprint density at radius 3 is 1.43 bits per heavy atom. The monoisotopic (exact) mass is 336 g/mol. The second-order valence-electron chi connectivity index (χ2n) is 6.12. The first-order chi connectivity index (χ1) is 10.1. The van der Waals surface area contributed by atoms with Gasteiger partial charge in [0.25, 0.3) is 0 Å². The van der Waals surface area contributed by atoms with Crippen molar-refractivity contribution < 1.29 is 8.42 Å². The fourth-order valence-corrected chi connectivity index (χ4v) is 4.24. The van der Waals surface area contributed by atoms with Crippen LogP contribution in [0.4, 0.5) is 0 Å². The molecule has 0 saturated heterocycles. The number of unbranched alkanes of at least 4 members (excludes halogenated alkanes) is 11. The maximum absolute atomic E-state index is 11.9. The minimum atomic E-state index is -2.79. The molecule has 0 radical (unpaired) electrons. The molecule has 0 aliphatic rings. The average Bonchev–Trinajstić information content (AvgIpc) is 2.45. The van der Waals surface area contributed by atoms with Crippen molar-refractivity contribution in [3.63, 3.8) is 0 Å². The van der Waals surface area contributed by atoms with Crippen molar-refractivity contribution in [1.82, 2.24) is 0 Å². The molecule has 0 unspecified atom stereocenters. The van der Waals surface area contributed by atoms with Gasteiger partial charge in [-0.25, -0.2) is 8.42 Å². The third kappa shape index (κ3) is 16.5. The Morgan fingerprint density at radius 1 is 0.619 bits per heavy atom. The highest BCUT2D eigenvalue weighted by Crippen LogP contribution is 2.11. The Balaban J connectivity index is 3.36. The first-order valence-corrected chi connectivity index (χ1v) is 11.4. The summed E-state index contributed by atoms with van der Waals surface area (Å²) in [4.78, 5) is 0. The van der Waals surface area contributed by atoms with Gasteiger partial charge >= 0.3 is 0 Å². The first-order valence-electron chi connectivity index (χ1n) is 8.93. The van der Waals surface area contributed by atoms with E-state index in [1.807, 2.05) is 0 Å². The van der Waals surface area contributed by atoms with E-state index >= 15 is 0 Å². The van der Waals surface area contributed by atoms with Crippen molar-refractivity contribution in [1.29, 1.82) is 0 Å². The van der Waals surface area contributed by atoms with Crippen LogP contribution in [0.25, 0.3) is 0 Å². The van der Waals surface area contributed by atoms with Gasteiger partial charge in [0.2, 0.25) is 0 Å². The maximum atomic E-state index is 11.9. The van der Waals surface area contributed by atoms with Crippen LogP contribution in [-0.2, 0) is 9.84 Å². The lowest BCUT2D eigenvalue weighted by Gasteiger charge is -2.05. The third-order valence-electron chi connectivity index (χ3n) is 3.92. The summed E-state index contributed by atoms with van der Waals surface area (Å²) in [6.07, 6.45) is 15.1. The van der Waals surface area contributed by atoms with E-state index in [9.17, 15) is 8.42 Å². The zero-order valence-corrected chi connectivity index (χ0v) is 15.7. The Bertz CT molecular complexity index is 300. The van der Waals surface area contributed by atoms with Crippen LogP contribution < -0.4 is 0 Å². The smallest absolute Gasteiger partial charge is 0.150 e. The molecule has 21 heavy (non-hydrogen) atoms. The van der Waals surface area contributed by atoms with Gasteiger partial charge in [0.1, 0.15) is 9.84 Å². The molecule has 0 rings (SSSR count). The van der Waals surface area contributed by atoms with E-state index < -0.39 is 9.84 Å². The zero-order valence-electron chi connectivity index (χ0n) is 14.0. The highest BCUT2D eigenvalue weighted by atomic mass is 32.2. The molecule has 0 aromatic carbocycles. The number of hydrogen-bond acceptors (Lipinski definition) is 3. The van der Waals surface area contributed by atoms with E-state index in [2.05, 4.69) is 19.6 Å². The summed E-state index contributed by atoms with van der Waals surface area (Å²) < 4.78 is 23.7. The topological polar surface area (TPSA) is 34.1 Å². The Labute approximate surface area is 138 Å². The molecule has 0 aliphatic heterocycles. The summed E-state index contributed by atoms with van der Waals surface area (Å²) in [6, 6.07) is 0. The van der Waals surface area contributed by atoms with Crippen LogP contribution in [0.15, 0.2) is 0 Å². The maximum Gasteiger partial charge on any atom is 0.150 e. The summed E-state index contributed by atoms with van der Waals surface area (Å²) in [5.74, 6) is 1.69. The van der Waals surface area contributed by atoms with Crippen LogP contribution in [-0.4, -0.2) is 25.7 Å². The summed E-state index contributed by atoms with van der Waals surface area (Å²) in [7, 11) is -2.79. The first kappa shape index (κ1) is 21.3. The molecule has 0 fully saturated rings. The molecule has 0 aromatic rings. The Morgan fingerprint density at radius 2 is 1.00 bits per heavy atom. The van der Waals surface area contributed by atoms with E-state index in [1.165, 1.54) is 44.9 Å². The number of sulfone groups is 1. The summed E-state index contributed by atoms with van der Waals surface area (Å²) in [5, 5.41) is 0. The van der Waals surface area contributed by atoms with Gasteiger partial charge in [-0.05, 0) is 25.0 Å². The minimum absolute atomic E-state index is 0.386. The molecule has 0 aliphatic carbocycles. The van der Waals surface area contributed by atoms with Gasteiger partial charge < -0.3 is 0 Å². The molecule has 4 heteroatoms. The SMILES string of the molecule is CCCCCCCCCCCS(=O)(=O)CCCCCCS. The van der Waals surface area contributed by atoms with Gasteiger partial charge in [0, 0.05) is 0 Å². The standard InChI is InChI=1S/C17H36O2S2/c1-2-3-4-5-6-7-8-10-13-16-21(18,19)17-14-11-9-12-15-20/h20H,2-17H2,1H3. The molecule has 0 saturated carbocycles. The Kier molecular flexibility index (Phi) is 15.4. The van der Waals surface area contributed by atoms with E-state index in [1.54, 1.807) is 0 Å². The van der Waals surface area contributed by atoms with Gasteiger partial charge in [0.05, 0.1) is 11.5 Å². The van der Waals surface area contributed by atoms with E-state index in [0.717, 1.165) is 44.3 Å². The predicted molar refractivity (Wildman–Crippen MR) is 98.2 cm³/mol. The fraction of sp³-hybridized carbons (Fsp3) is 1.00. The molecule has 128 valence electrons. The van der Waals surface area contributed by atoms with Crippen molar-refractivity contribution in [2.24, 2.45) is 0 Å². The second-order valence-corrected chi connectivity index (χ2v) is 8.87. The summed E-state index contributed by atoms with van der Waals surface area (Å²) in [6.45, 7) is 2.24. The molecule has 0 bridgehead atoms. The van der Waals surface area contributed by atoms with Crippen LogP contribution in [0.3, 0.4) is 0 Å². The van der Waals surface area contributed by atoms with Gasteiger partial charge in [0.15, 0.2) is 0 Å². The quantitative estimate of drug-likeness (QED) is 0.301. The molecule has 0 aromatic heterocycles. The lowest BCUT2D eigenvalue weighted by atomic mass is 10.1. The molecule has 0 heterocycles. The van der Waals surface area contributed by atoms with Gasteiger partial charge in [-0.15, -0.1) is 0 Å². The van der Waals surface area contributed by atoms with Crippen molar-refractivity contribution in [2.45, 2.75) is 90.4 Å². The molecule has 0 amide bonds. The van der Waals surface area contributed by atoms with Crippen molar-refractivity contribution in [3.05, 3.63) is 0 Å². The fourth-order valence-electron chi connectivity index (χ4n) is 2.52. The van der Waals surface area contributed by atoms with Crippen molar-refractivity contribution in [3.8, 4) is 0 Å². The average molecular weight is 337 g/mol. The lowest BCUT2D eigenvalue weighted by molar-refractivity contribution is 0.563. The summed E-state index contributed by atoms with van der Waals surface area (Å²) in [5.41, 5.74) is 0. The number of thiol groups is 1. The molecular weight excluding hydrogens is 300 g/mol. The van der Waals surface area contributed by atoms with Crippen molar-refractivity contribution in [2.75, 3.05) is 17.3 Å². The van der Waals surface area contributed by atoms with Gasteiger partial charge in [-0.1, -0.05) is 71.1 Å². The van der Waals surface area contributed by atoms with Gasteiger partial charge in [-0.2, -0.15) is 12.6 Å². The van der Waals surface area contributed by atoms with Crippen LogP contribution in [0.2, 0.25) is 0 Å². The largest absolute Gasteiger partial charge is 0.229 e.